The third kappa shape index (κ3) is 4.88. The average molecular weight is 483 g/mol. The summed E-state index contributed by atoms with van der Waals surface area (Å²) in [6.07, 6.45) is 10.6. The van der Waals surface area contributed by atoms with Crippen molar-refractivity contribution in [1.82, 2.24) is 14.3 Å². The van der Waals surface area contributed by atoms with Crippen molar-refractivity contribution in [3.8, 4) is 0 Å². The minimum atomic E-state index is -3.78. The van der Waals surface area contributed by atoms with Crippen LogP contribution >= 0.6 is 0 Å². The van der Waals surface area contributed by atoms with Gasteiger partial charge in [0, 0.05) is 31.0 Å². The van der Waals surface area contributed by atoms with Gasteiger partial charge in [-0.1, -0.05) is 43.9 Å². The topological polar surface area (TPSA) is 69.3 Å². The van der Waals surface area contributed by atoms with Crippen molar-refractivity contribution in [2.75, 3.05) is 11.4 Å². The Morgan fingerprint density at radius 1 is 1.03 bits per heavy atom. The fourth-order valence-electron chi connectivity index (χ4n) is 5.39. The first-order valence-corrected chi connectivity index (χ1v) is 13.5. The van der Waals surface area contributed by atoms with E-state index in [-0.39, 0.29) is 17.5 Å². The van der Waals surface area contributed by atoms with Gasteiger partial charge in [-0.15, -0.1) is 0 Å². The van der Waals surface area contributed by atoms with Crippen molar-refractivity contribution >= 4 is 15.7 Å². The summed E-state index contributed by atoms with van der Waals surface area (Å²) < 4.78 is 42.4. The van der Waals surface area contributed by atoms with Crippen LogP contribution in [0.1, 0.15) is 49.8 Å². The molecule has 5 rings (SSSR count). The van der Waals surface area contributed by atoms with Gasteiger partial charge < -0.3 is 9.88 Å². The van der Waals surface area contributed by atoms with Crippen LogP contribution in [0.25, 0.3) is 0 Å². The zero-order chi connectivity index (χ0) is 23.5. The van der Waals surface area contributed by atoms with Gasteiger partial charge in [0.25, 0.3) is 0 Å². The van der Waals surface area contributed by atoms with Crippen molar-refractivity contribution in [3.63, 3.8) is 0 Å². The van der Waals surface area contributed by atoms with Gasteiger partial charge in [-0.3, -0.25) is 0 Å². The maximum absolute atomic E-state index is 13.7. The number of aromatic amines is 1. The highest BCUT2D eigenvalue weighted by molar-refractivity contribution is 7.89. The summed E-state index contributed by atoms with van der Waals surface area (Å²) in [6, 6.07) is 13.2. The Kier molecular flexibility index (Phi) is 6.70. The van der Waals surface area contributed by atoms with Crippen LogP contribution in [0.3, 0.4) is 0 Å². The minimum absolute atomic E-state index is 0.0165. The second kappa shape index (κ2) is 9.88. The zero-order valence-corrected chi connectivity index (χ0v) is 20.1. The number of para-hydroxylation sites is 1. The van der Waals surface area contributed by atoms with Gasteiger partial charge in [0.1, 0.15) is 5.82 Å². The number of hydrogen-bond acceptors (Lipinski definition) is 4. The maximum atomic E-state index is 13.7. The van der Waals surface area contributed by atoms with Crippen LogP contribution in [0.5, 0.6) is 0 Å². The van der Waals surface area contributed by atoms with E-state index in [9.17, 15) is 12.8 Å². The van der Waals surface area contributed by atoms with E-state index in [1.165, 1.54) is 49.9 Å². The van der Waals surface area contributed by atoms with Gasteiger partial charge in [0.05, 0.1) is 23.5 Å². The molecule has 1 N–H and O–H groups in total. The van der Waals surface area contributed by atoms with Crippen LogP contribution < -0.4 is 4.90 Å². The predicted molar refractivity (Wildman–Crippen MR) is 130 cm³/mol. The molecule has 0 saturated heterocycles. The molecular formula is C26H31FN4O2S. The van der Waals surface area contributed by atoms with Crippen molar-refractivity contribution in [3.05, 3.63) is 78.1 Å². The third-order valence-corrected chi connectivity index (χ3v) is 9.06. The first-order valence-electron chi connectivity index (χ1n) is 12.1. The molecule has 3 aromatic rings. The Bertz CT molecular complexity index is 1190. The standard InChI is InChI=1S/C26H31FN4O2S/c27-22-10-13-25(14-11-22)34(32,33)30-16-21-7-3-4-8-26(21)31(17-23-15-28-19-29-23)24(18-30)12-9-20-5-1-2-6-20/h3-4,7-8,10-11,13-15,19-20,24H,1-2,5-6,9,12,16-18H2,(H,28,29). The number of anilines is 1. The van der Waals surface area contributed by atoms with Crippen molar-refractivity contribution in [1.29, 1.82) is 0 Å². The highest BCUT2D eigenvalue weighted by atomic mass is 32.2. The lowest BCUT2D eigenvalue weighted by atomic mass is 9.97. The Balaban J connectivity index is 1.51. The summed E-state index contributed by atoms with van der Waals surface area (Å²) >= 11 is 0. The van der Waals surface area contributed by atoms with Crippen LogP contribution in [0.4, 0.5) is 10.1 Å². The Labute approximate surface area is 200 Å². The number of sulfonamides is 1. The highest BCUT2D eigenvalue weighted by Gasteiger charge is 2.35. The Morgan fingerprint density at radius 2 is 1.79 bits per heavy atom. The van der Waals surface area contributed by atoms with E-state index in [1.807, 2.05) is 24.4 Å². The van der Waals surface area contributed by atoms with Crippen LogP contribution in [0.2, 0.25) is 0 Å². The summed E-state index contributed by atoms with van der Waals surface area (Å²) in [5, 5.41) is 0. The summed E-state index contributed by atoms with van der Waals surface area (Å²) in [7, 11) is -3.78. The molecular weight excluding hydrogens is 451 g/mol. The van der Waals surface area contributed by atoms with Gasteiger partial charge >= 0.3 is 0 Å². The lowest BCUT2D eigenvalue weighted by Gasteiger charge is -2.34. The summed E-state index contributed by atoms with van der Waals surface area (Å²) in [6.45, 7) is 1.31. The van der Waals surface area contributed by atoms with E-state index >= 15 is 0 Å². The van der Waals surface area contributed by atoms with Crippen LogP contribution in [-0.2, 0) is 23.1 Å². The molecule has 1 saturated carbocycles. The smallest absolute Gasteiger partial charge is 0.243 e. The van der Waals surface area contributed by atoms with Crippen molar-refractivity contribution in [2.45, 2.75) is 62.6 Å². The molecule has 1 atom stereocenters. The van der Waals surface area contributed by atoms with Gasteiger partial charge in [-0.2, -0.15) is 4.31 Å². The largest absolute Gasteiger partial charge is 0.361 e. The molecule has 1 aliphatic carbocycles. The second-order valence-electron chi connectivity index (χ2n) is 9.47. The number of H-pyrrole nitrogens is 1. The van der Waals surface area contributed by atoms with Crippen LogP contribution in [0.15, 0.2) is 66.0 Å². The molecule has 1 aromatic heterocycles. The third-order valence-electron chi connectivity index (χ3n) is 7.23. The lowest BCUT2D eigenvalue weighted by molar-refractivity contribution is 0.350. The van der Waals surface area contributed by atoms with Gasteiger partial charge in [-0.05, 0) is 54.7 Å². The molecule has 1 unspecified atom stereocenters. The van der Waals surface area contributed by atoms with E-state index < -0.39 is 15.8 Å². The molecule has 1 aliphatic heterocycles. The maximum Gasteiger partial charge on any atom is 0.243 e. The zero-order valence-electron chi connectivity index (χ0n) is 19.2. The fourth-order valence-corrected chi connectivity index (χ4v) is 6.85. The number of hydrogen-bond donors (Lipinski definition) is 1. The molecule has 2 aromatic carbocycles. The number of fused-ring (bicyclic) bond motifs is 1. The molecule has 1 fully saturated rings. The van der Waals surface area contributed by atoms with E-state index in [4.69, 9.17) is 0 Å². The molecule has 6 nitrogen and oxygen atoms in total. The predicted octanol–water partition coefficient (Wildman–Crippen LogP) is 5.10. The van der Waals surface area contributed by atoms with E-state index in [0.29, 0.717) is 13.1 Å². The molecule has 34 heavy (non-hydrogen) atoms. The SMILES string of the molecule is O=S(=O)(c1ccc(F)cc1)N1Cc2ccccc2N(Cc2cnc[nH]2)C(CCC2CCCC2)C1. The van der Waals surface area contributed by atoms with E-state index in [1.54, 1.807) is 10.6 Å². The number of halogens is 1. The van der Waals surface area contributed by atoms with Gasteiger partial charge in [-0.25, -0.2) is 17.8 Å². The second-order valence-corrected chi connectivity index (χ2v) is 11.4. The summed E-state index contributed by atoms with van der Waals surface area (Å²) in [5.41, 5.74) is 3.02. The van der Waals surface area contributed by atoms with Crippen LogP contribution in [-0.4, -0.2) is 35.3 Å². The first-order chi connectivity index (χ1) is 16.5. The molecule has 2 heterocycles. The van der Waals surface area contributed by atoms with Crippen LogP contribution in [0, 0.1) is 11.7 Å². The summed E-state index contributed by atoms with van der Waals surface area (Å²) in [4.78, 5) is 9.86. The molecule has 8 heteroatoms. The monoisotopic (exact) mass is 482 g/mol. The molecule has 2 aliphatic rings. The Morgan fingerprint density at radius 3 is 2.53 bits per heavy atom. The molecule has 180 valence electrons. The van der Waals surface area contributed by atoms with Crippen molar-refractivity contribution in [2.24, 2.45) is 5.92 Å². The Hall–Kier alpha value is -2.71. The number of aromatic nitrogens is 2. The number of imidazole rings is 1. The first kappa shape index (κ1) is 23.1. The molecule has 0 bridgehead atoms. The lowest BCUT2D eigenvalue weighted by Crippen LogP contribution is -2.43. The normalized spacial score (nSPS) is 19.8. The number of benzene rings is 2. The summed E-state index contributed by atoms with van der Waals surface area (Å²) in [5.74, 6) is 0.273. The number of rotatable bonds is 7. The molecule has 0 radical (unpaired) electrons. The quantitative estimate of drug-likeness (QED) is 0.509. The van der Waals surface area contributed by atoms with E-state index in [0.717, 1.165) is 35.7 Å². The highest BCUT2D eigenvalue weighted by Crippen LogP contribution is 2.35. The fraction of sp³-hybridized carbons (Fsp3) is 0.423. The molecule has 0 spiro atoms. The average Bonchev–Trinajstić information content (AvgIpc) is 3.52. The molecule has 0 amide bonds. The minimum Gasteiger partial charge on any atom is -0.361 e. The van der Waals surface area contributed by atoms with Gasteiger partial charge in [0.15, 0.2) is 0 Å². The number of nitrogens with one attached hydrogen (secondary N) is 1. The van der Waals surface area contributed by atoms with Crippen molar-refractivity contribution < 1.29 is 12.8 Å². The van der Waals surface area contributed by atoms with Gasteiger partial charge in [0.2, 0.25) is 10.0 Å². The number of nitrogens with zero attached hydrogens (tertiary/aromatic N) is 3. The van der Waals surface area contributed by atoms with E-state index in [2.05, 4.69) is 20.9 Å².